The van der Waals surface area contributed by atoms with Crippen LogP contribution >= 0.6 is 0 Å². The summed E-state index contributed by atoms with van der Waals surface area (Å²) in [5.41, 5.74) is 0. The summed E-state index contributed by atoms with van der Waals surface area (Å²) in [6.07, 6.45) is 3.10. The van der Waals surface area contributed by atoms with Gasteiger partial charge in [-0.25, -0.2) is 0 Å². The van der Waals surface area contributed by atoms with Crippen molar-refractivity contribution in [1.29, 1.82) is 0 Å². The highest BCUT2D eigenvalue weighted by molar-refractivity contribution is 7.85. The van der Waals surface area contributed by atoms with Gasteiger partial charge in [-0.05, 0) is 25.1 Å². The fraction of sp³-hybridized carbons (Fsp3) is 0.182. The van der Waals surface area contributed by atoms with E-state index in [2.05, 4.69) is 0 Å². The highest BCUT2D eigenvalue weighted by Crippen LogP contribution is 2.05. The predicted molar refractivity (Wildman–Crippen MR) is 57.5 cm³/mol. The highest BCUT2D eigenvalue weighted by atomic mass is 32.2. The average Bonchev–Trinajstić information content (AvgIpc) is 2.19. The summed E-state index contributed by atoms with van der Waals surface area (Å²) in [6, 6.07) is 9.01. The van der Waals surface area contributed by atoms with Gasteiger partial charge in [-0.3, -0.25) is 9.00 Å². The van der Waals surface area contributed by atoms with Crippen molar-refractivity contribution in [2.24, 2.45) is 0 Å². The van der Waals surface area contributed by atoms with Gasteiger partial charge in [-0.1, -0.05) is 24.3 Å². The molecule has 0 heterocycles. The Kier molecular flexibility index (Phi) is 4.26. The first-order valence-corrected chi connectivity index (χ1v) is 5.65. The van der Waals surface area contributed by atoms with Crippen LogP contribution in [-0.2, 0) is 15.6 Å². The molecule has 0 aromatic heterocycles. The van der Waals surface area contributed by atoms with Crippen molar-refractivity contribution in [2.75, 3.05) is 5.75 Å². The van der Waals surface area contributed by atoms with Gasteiger partial charge in [0.15, 0.2) is 5.78 Å². The Morgan fingerprint density at radius 3 is 2.57 bits per heavy atom. The summed E-state index contributed by atoms with van der Waals surface area (Å²) >= 11 is 0. The number of carbonyl (C=O) groups excluding carboxylic acids is 1. The SMILES string of the molecule is C/C=C/C(=O)C[S@](=O)c1ccccc1. The molecule has 0 radical (unpaired) electrons. The summed E-state index contributed by atoms with van der Waals surface area (Å²) in [6.45, 7) is 1.77. The van der Waals surface area contributed by atoms with E-state index in [1.165, 1.54) is 6.08 Å². The van der Waals surface area contributed by atoms with Gasteiger partial charge in [0.05, 0.1) is 16.6 Å². The van der Waals surface area contributed by atoms with E-state index in [9.17, 15) is 9.00 Å². The van der Waals surface area contributed by atoms with Crippen molar-refractivity contribution >= 4 is 16.6 Å². The van der Waals surface area contributed by atoms with Gasteiger partial charge < -0.3 is 0 Å². The summed E-state index contributed by atoms with van der Waals surface area (Å²) in [5, 5.41) is 0. The van der Waals surface area contributed by atoms with Crippen LogP contribution < -0.4 is 0 Å². The lowest BCUT2D eigenvalue weighted by molar-refractivity contribution is -0.112. The number of allylic oxidation sites excluding steroid dienone is 2. The maximum Gasteiger partial charge on any atom is 0.168 e. The van der Waals surface area contributed by atoms with Crippen molar-refractivity contribution in [1.82, 2.24) is 0 Å². The number of hydrogen-bond donors (Lipinski definition) is 0. The number of benzene rings is 1. The molecule has 3 heteroatoms. The first-order chi connectivity index (χ1) is 6.74. The normalized spacial score (nSPS) is 12.9. The minimum absolute atomic E-state index is 0.0638. The Hall–Kier alpha value is -1.22. The number of ketones is 1. The minimum Gasteiger partial charge on any atom is -0.294 e. The van der Waals surface area contributed by atoms with Gasteiger partial charge in [0.1, 0.15) is 0 Å². The molecule has 0 aliphatic heterocycles. The Morgan fingerprint density at radius 1 is 1.36 bits per heavy atom. The maximum absolute atomic E-state index is 11.6. The van der Waals surface area contributed by atoms with E-state index in [1.54, 1.807) is 25.1 Å². The zero-order valence-electron chi connectivity index (χ0n) is 7.97. The molecule has 0 bridgehead atoms. The van der Waals surface area contributed by atoms with Gasteiger partial charge in [-0.15, -0.1) is 0 Å². The van der Waals surface area contributed by atoms with Gasteiger partial charge >= 0.3 is 0 Å². The molecule has 2 nitrogen and oxygen atoms in total. The lowest BCUT2D eigenvalue weighted by atomic mass is 10.4. The van der Waals surface area contributed by atoms with Crippen molar-refractivity contribution in [3.8, 4) is 0 Å². The number of rotatable bonds is 4. The fourth-order valence-electron chi connectivity index (χ4n) is 1.02. The smallest absolute Gasteiger partial charge is 0.168 e. The van der Waals surface area contributed by atoms with E-state index >= 15 is 0 Å². The van der Waals surface area contributed by atoms with Crippen molar-refractivity contribution in [3.05, 3.63) is 42.5 Å². The van der Waals surface area contributed by atoms with E-state index in [-0.39, 0.29) is 11.5 Å². The van der Waals surface area contributed by atoms with Crippen LogP contribution in [0.2, 0.25) is 0 Å². The third kappa shape index (κ3) is 3.26. The molecule has 0 N–H and O–H groups in total. The third-order valence-electron chi connectivity index (χ3n) is 1.63. The van der Waals surface area contributed by atoms with Crippen LogP contribution in [0, 0.1) is 0 Å². The molecule has 14 heavy (non-hydrogen) atoms. The summed E-state index contributed by atoms with van der Waals surface area (Å²) in [5.74, 6) is -0.0383. The molecule has 0 amide bonds. The van der Waals surface area contributed by atoms with Crippen LogP contribution in [0.5, 0.6) is 0 Å². The van der Waals surface area contributed by atoms with Crippen LogP contribution in [0.1, 0.15) is 6.92 Å². The standard InChI is InChI=1S/C11H12O2S/c1-2-6-10(12)9-14(13)11-7-4-3-5-8-11/h2-8H,9H2,1H3/b6-2+/t14-/m0/s1. The molecule has 0 saturated carbocycles. The number of carbonyl (C=O) groups is 1. The quantitative estimate of drug-likeness (QED) is 0.709. The van der Waals surface area contributed by atoms with Crippen LogP contribution in [-0.4, -0.2) is 15.7 Å². The van der Waals surface area contributed by atoms with Crippen molar-refractivity contribution < 1.29 is 9.00 Å². The molecule has 1 atom stereocenters. The molecular formula is C11H12O2S. The lowest BCUT2D eigenvalue weighted by Crippen LogP contribution is -2.07. The molecule has 0 aliphatic rings. The minimum atomic E-state index is -1.22. The first-order valence-electron chi connectivity index (χ1n) is 4.33. The van der Waals surface area contributed by atoms with Crippen LogP contribution in [0.4, 0.5) is 0 Å². The molecule has 1 aromatic carbocycles. The summed E-state index contributed by atoms with van der Waals surface area (Å²) < 4.78 is 11.6. The molecule has 0 unspecified atom stereocenters. The first kappa shape index (κ1) is 10.9. The highest BCUT2D eigenvalue weighted by Gasteiger charge is 2.06. The van der Waals surface area contributed by atoms with Crippen LogP contribution in [0.3, 0.4) is 0 Å². The Morgan fingerprint density at radius 2 is 2.00 bits per heavy atom. The van der Waals surface area contributed by atoms with Crippen molar-refractivity contribution in [2.45, 2.75) is 11.8 Å². The van der Waals surface area contributed by atoms with E-state index in [0.717, 1.165) is 0 Å². The summed E-state index contributed by atoms with van der Waals surface area (Å²) in [4.78, 5) is 11.8. The van der Waals surface area contributed by atoms with Gasteiger partial charge in [0.25, 0.3) is 0 Å². The Labute approximate surface area is 86.1 Å². The van der Waals surface area contributed by atoms with Gasteiger partial charge in [0, 0.05) is 4.90 Å². The molecule has 0 saturated heterocycles. The zero-order valence-corrected chi connectivity index (χ0v) is 8.79. The maximum atomic E-state index is 11.6. The molecular weight excluding hydrogens is 196 g/mol. The van der Waals surface area contributed by atoms with E-state index in [0.29, 0.717) is 4.90 Å². The van der Waals surface area contributed by atoms with Crippen molar-refractivity contribution in [3.63, 3.8) is 0 Å². The molecule has 1 aromatic rings. The fourth-order valence-corrected chi connectivity index (χ4v) is 2.00. The average molecular weight is 208 g/mol. The monoisotopic (exact) mass is 208 g/mol. The predicted octanol–water partition coefficient (Wildman–Crippen LogP) is 1.94. The number of hydrogen-bond acceptors (Lipinski definition) is 2. The van der Waals surface area contributed by atoms with Crippen LogP contribution in [0.15, 0.2) is 47.4 Å². The van der Waals surface area contributed by atoms with Gasteiger partial charge in [-0.2, -0.15) is 0 Å². The Balaban J connectivity index is 2.64. The summed E-state index contributed by atoms with van der Waals surface area (Å²) in [7, 11) is -1.22. The molecule has 0 spiro atoms. The molecule has 0 aliphatic carbocycles. The molecule has 74 valence electrons. The second-order valence-electron chi connectivity index (χ2n) is 2.77. The topological polar surface area (TPSA) is 34.1 Å². The molecule has 1 rings (SSSR count). The van der Waals surface area contributed by atoms with Crippen LogP contribution in [0.25, 0.3) is 0 Å². The van der Waals surface area contributed by atoms with E-state index < -0.39 is 10.8 Å². The molecule has 0 fully saturated rings. The van der Waals surface area contributed by atoms with E-state index in [1.807, 2.05) is 18.2 Å². The second-order valence-corrected chi connectivity index (χ2v) is 4.22. The lowest BCUT2D eigenvalue weighted by Gasteiger charge is -1.98. The van der Waals surface area contributed by atoms with E-state index in [4.69, 9.17) is 0 Å². The van der Waals surface area contributed by atoms with Gasteiger partial charge in [0.2, 0.25) is 0 Å². The zero-order chi connectivity index (χ0) is 10.4. The third-order valence-corrected chi connectivity index (χ3v) is 2.98. The Bertz CT molecular complexity index is 355. The largest absolute Gasteiger partial charge is 0.294 e. The second kappa shape index (κ2) is 5.50.